The Morgan fingerprint density at radius 2 is 2.05 bits per heavy atom. The molecular formula is C18H30N2O. The molecular weight excluding hydrogens is 260 g/mol. The maximum atomic E-state index is 5.42. The Hall–Kier alpha value is -0.800. The van der Waals surface area contributed by atoms with E-state index in [1.807, 2.05) is 6.07 Å². The molecule has 1 aromatic rings. The summed E-state index contributed by atoms with van der Waals surface area (Å²) in [6, 6.07) is 5.38. The van der Waals surface area contributed by atoms with E-state index in [1.54, 1.807) is 6.26 Å². The Labute approximate surface area is 128 Å². The summed E-state index contributed by atoms with van der Waals surface area (Å²) in [5.41, 5.74) is 0.681. The van der Waals surface area contributed by atoms with E-state index in [2.05, 4.69) is 23.6 Å². The van der Waals surface area contributed by atoms with Crippen LogP contribution in [0.3, 0.4) is 0 Å². The lowest BCUT2D eigenvalue weighted by Crippen LogP contribution is -2.45. The largest absolute Gasteiger partial charge is 0.469 e. The number of hydrogen-bond donors (Lipinski definition) is 2. The number of hydrogen-bond acceptors (Lipinski definition) is 3. The van der Waals surface area contributed by atoms with Gasteiger partial charge in [-0.3, -0.25) is 0 Å². The average molecular weight is 290 g/mol. The zero-order valence-corrected chi connectivity index (χ0v) is 13.4. The molecule has 2 fully saturated rings. The predicted octanol–water partition coefficient (Wildman–Crippen LogP) is 3.50. The Kier molecular flexibility index (Phi) is 5.02. The van der Waals surface area contributed by atoms with Gasteiger partial charge >= 0.3 is 0 Å². The zero-order valence-electron chi connectivity index (χ0n) is 13.4. The van der Waals surface area contributed by atoms with Gasteiger partial charge in [0.05, 0.1) is 6.26 Å². The van der Waals surface area contributed by atoms with E-state index in [0.29, 0.717) is 11.5 Å². The third-order valence-corrected chi connectivity index (χ3v) is 5.63. The minimum Gasteiger partial charge on any atom is -0.469 e. The van der Waals surface area contributed by atoms with E-state index >= 15 is 0 Å². The minimum absolute atomic E-state index is 0.585. The van der Waals surface area contributed by atoms with Crippen molar-refractivity contribution in [2.45, 2.75) is 70.4 Å². The van der Waals surface area contributed by atoms with Crippen LogP contribution in [0.1, 0.15) is 57.6 Å². The summed E-state index contributed by atoms with van der Waals surface area (Å²) in [5, 5.41) is 7.35. The van der Waals surface area contributed by atoms with Crippen molar-refractivity contribution < 1.29 is 4.42 Å². The molecule has 0 aromatic carbocycles. The first kappa shape index (κ1) is 15.1. The lowest BCUT2D eigenvalue weighted by Gasteiger charge is -2.43. The lowest BCUT2D eigenvalue weighted by atomic mass is 9.67. The van der Waals surface area contributed by atoms with Crippen molar-refractivity contribution in [2.75, 3.05) is 13.1 Å². The van der Waals surface area contributed by atoms with Crippen molar-refractivity contribution in [3.63, 3.8) is 0 Å². The topological polar surface area (TPSA) is 37.2 Å². The molecule has 3 rings (SSSR count). The number of aryl methyl sites for hydroxylation is 1. The molecule has 0 bridgehead atoms. The second-order valence-electron chi connectivity index (χ2n) is 7.21. The standard InChI is InChI=1S/C18H30N2O/c1-15(4-5-17-3-2-14-21-17)20-16-6-8-18(9-7-16)10-12-19-13-11-18/h2-3,14-16,19-20H,4-13H2,1H3. The SMILES string of the molecule is CC(CCc1ccco1)NC1CCC2(CCNCC2)CC1. The van der Waals surface area contributed by atoms with Gasteiger partial charge in [-0.25, -0.2) is 0 Å². The van der Waals surface area contributed by atoms with Gasteiger partial charge in [-0.1, -0.05) is 0 Å². The molecule has 1 aliphatic carbocycles. The van der Waals surface area contributed by atoms with Crippen LogP contribution in [-0.4, -0.2) is 25.2 Å². The molecule has 2 aliphatic rings. The number of piperidine rings is 1. The first-order valence-electron chi connectivity index (χ1n) is 8.75. The Morgan fingerprint density at radius 3 is 2.71 bits per heavy atom. The monoisotopic (exact) mass is 290 g/mol. The van der Waals surface area contributed by atoms with Gasteiger partial charge < -0.3 is 15.1 Å². The van der Waals surface area contributed by atoms with E-state index in [4.69, 9.17) is 4.42 Å². The van der Waals surface area contributed by atoms with Crippen LogP contribution in [0.15, 0.2) is 22.8 Å². The molecule has 2 N–H and O–H groups in total. The fraction of sp³-hybridized carbons (Fsp3) is 0.778. The fourth-order valence-corrected chi connectivity index (χ4v) is 4.15. The maximum absolute atomic E-state index is 5.42. The second-order valence-corrected chi connectivity index (χ2v) is 7.21. The summed E-state index contributed by atoms with van der Waals surface area (Å²) < 4.78 is 5.42. The third-order valence-electron chi connectivity index (χ3n) is 5.63. The molecule has 1 spiro atoms. The molecule has 3 nitrogen and oxygen atoms in total. The van der Waals surface area contributed by atoms with Gasteiger partial charge in [0.15, 0.2) is 0 Å². The maximum Gasteiger partial charge on any atom is 0.103 e. The zero-order chi connectivity index (χ0) is 14.5. The van der Waals surface area contributed by atoms with Crippen molar-refractivity contribution in [1.82, 2.24) is 10.6 Å². The van der Waals surface area contributed by atoms with E-state index in [0.717, 1.165) is 18.2 Å². The molecule has 2 heterocycles. The molecule has 0 radical (unpaired) electrons. The van der Waals surface area contributed by atoms with Crippen LogP contribution in [0.5, 0.6) is 0 Å². The van der Waals surface area contributed by atoms with Gasteiger partial charge in [-0.05, 0) is 82.5 Å². The highest BCUT2D eigenvalue weighted by atomic mass is 16.3. The quantitative estimate of drug-likeness (QED) is 0.871. The van der Waals surface area contributed by atoms with Gasteiger partial charge in [0, 0.05) is 18.5 Å². The van der Waals surface area contributed by atoms with Crippen molar-refractivity contribution in [2.24, 2.45) is 5.41 Å². The average Bonchev–Trinajstić information content (AvgIpc) is 3.02. The van der Waals surface area contributed by atoms with E-state index in [1.165, 1.54) is 58.0 Å². The highest BCUT2D eigenvalue weighted by Gasteiger charge is 2.36. The van der Waals surface area contributed by atoms with Gasteiger partial charge in [0.2, 0.25) is 0 Å². The molecule has 1 saturated carbocycles. The van der Waals surface area contributed by atoms with Gasteiger partial charge in [-0.15, -0.1) is 0 Å². The summed E-state index contributed by atoms with van der Waals surface area (Å²) in [7, 11) is 0. The molecule has 21 heavy (non-hydrogen) atoms. The predicted molar refractivity (Wildman–Crippen MR) is 86.4 cm³/mol. The third kappa shape index (κ3) is 4.10. The summed E-state index contributed by atoms with van der Waals surface area (Å²) in [6.07, 6.45) is 12.4. The molecule has 1 saturated heterocycles. The van der Waals surface area contributed by atoms with Crippen LogP contribution in [0, 0.1) is 5.41 Å². The van der Waals surface area contributed by atoms with E-state index in [9.17, 15) is 0 Å². The number of nitrogens with one attached hydrogen (secondary N) is 2. The summed E-state index contributed by atoms with van der Waals surface area (Å²) in [6.45, 7) is 4.78. The van der Waals surface area contributed by atoms with Crippen LogP contribution < -0.4 is 10.6 Å². The van der Waals surface area contributed by atoms with Crippen molar-refractivity contribution in [3.05, 3.63) is 24.2 Å². The highest BCUT2D eigenvalue weighted by Crippen LogP contribution is 2.43. The van der Waals surface area contributed by atoms with Crippen LogP contribution in [0.25, 0.3) is 0 Å². The van der Waals surface area contributed by atoms with Gasteiger partial charge in [0.25, 0.3) is 0 Å². The number of rotatable bonds is 5. The van der Waals surface area contributed by atoms with Crippen LogP contribution in [-0.2, 0) is 6.42 Å². The summed E-state index contributed by atoms with van der Waals surface area (Å²) in [5.74, 6) is 1.11. The molecule has 1 unspecified atom stereocenters. The first-order chi connectivity index (χ1) is 10.3. The van der Waals surface area contributed by atoms with E-state index in [-0.39, 0.29) is 0 Å². The van der Waals surface area contributed by atoms with Crippen LogP contribution in [0.2, 0.25) is 0 Å². The molecule has 3 heteroatoms. The molecule has 0 amide bonds. The summed E-state index contributed by atoms with van der Waals surface area (Å²) in [4.78, 5) is 0. The molecule has 1 aromatic heterocycles. The van der Waals surface area contributed by atoms with Crippen molar-refractivity contribution in [3.8, 4) is 0 Å². The first-order valence-corrected chi connectivity index (χ1v) is 8.75. The number of furan rings is 1. The van der Waals surface area contributed by atoms with Crippen molar-refractivity contribution >= 4 is 0 Å². The minimum atomic E-state index is 0.585. The van der Waals surface area contributed by atoms with Gasteiger partial charge in [-0.2, -0.15) is 0 Å². The summed E-state index contributed by atoms with van der Waals surface area (Å²) >= 11 is 0. The smallest absolute Gasteiger partial charge is 0.103 e. The Balaban J connectivity index is 1.38. The Morgan fingerprint density at radius 1 is 1.29 bits per heavy atom. The van der Waals surface area contributed by atoms with Gasteiger partial charge in [0.1, 0.15) is 5.76 Å². The molecule has 1 aliphatic heterocycles. The lowest BCUT2D eigenvalue weighted by molar-refractivity contribution is 0.112. The van der Waals surface area contributed by atoms with Crippen molar-refractivity contribution in [1.29, 1.82) is 0 Å². The van der Waals surface area contributed by atoms with E-state index < -0.39 is 0 Å². The highest BCUT2D eigenvalue weighted by molar-refractivity contribution is 4.98. The molecule has 1 atom stereocenters. The van der Waals surface area contributed by atoms with Crippen LogP contribution >= 0.6 is 0 Å². The fourth-order valence-electron chi connectivity index (χ4n) is 4.15. The second kappa shape index (κ2) is 6.97. The molecule has 118 valence electrons. The Bertz CT molecular complexity index is 399. The van der Waals surface area contributed by atoms with Crippen LogP contribution in [0.4, 0.5) is 0 Å². The normalized spacial score (nSPS) is 24.2.